The average Bonchev–Trinajstić information content (AvgIpc) is 3.00. The maximum Gasteiger partial charge on any atom is 0.243 e. The van der Waals surface area contributed by atoms with Gasteiger partial charge in [0.15, 0.2) is 9.84 Å². The van der Waals surface area contributed by atoms with Gasteiger partial charge in [-0.1, -0.05) is 12.1 Å². The molecule has 2 aliphatic heterocycles. The minimum absolute atomic E-state index is 0.0555. The molecular weight excluding hydrogens is 400 g/mol. The second kappa shape index (κ2) is 8.79. The number of morpholine rings is 1. The fourth-order valence-corrected chi connectivity index (χ4v) is 7.72. The molecule has 0 radical (unpaired) electrons. The van der Waals surface area contributed by atoms with Gasteiger partial charge in [-0.3, -0.25) is 4.90 Å². The normalized spacial score (nSPS) is 23.3. The monoisotopic (exact) mass is 430 g/mol. The molecule has 2 heterocycles. The molecule has 158 valence electrons. The van der Waals surface area contributed by atoms with Crippen LogP contribution in [0.25, 0.3) is 0 Å². The van der Waals surface area contributed by atoms with Gasteiger partial charge in [-0.2, -0.15) is 4.31 Å². The molecule has 2 aliphatic rings. The molecule has 9 heteroatoms. The van der Waals surface area contributed by atoms with Gasteiger partial charge in [0.05, 0.1) is 29.6 Å². The van der Waals surface area contributed by atoms with Crippen LogP contribution in [-0.2, 0) is 24.6 Å². The topological polar surface area (TPSA) is 84.0 Å². The van der Waals surface area contributed by atoms with E-state index in [0.717, 1.165) is 25.2 Å². The van der Waals surface area contributed by atoms with Crippen LogP contribution in [-0.4, -0.2) is 83.0 Å². The van der Waals surface area contributed by atoms with E-state index in [4.69, 9.17) is 4.74 Å². The van der Waals surface area contributed by atoms with Crippen molar-refractivity contribution >= 4 is 19.9 Å². The Morgan fingerprint density at radius 3 is 2.57 bits per heavy atom. The Labute approximate surface area is 168 Å². The van der Waals surface area contributed by atoms with Crippen molar-refractivity contribution in [2.75, 3.05) is 50.9 Å². The number of nitrogens with zero attached hydrogens (tertiary/aromatic N) is 2. The molecule has 0 amide bonds. The summed E-state index contributed by atoms with van der Waals surface area (Å²) in [5, 5.41) is 0. The smallest absolute Gasteiger partial charge is 0.243 e. The van der Waals surface area contributed by atoms with Crippen molar-refractivity contribution in [2.24, 2.45) is 0 Å². The van der Waals surface area contributed by atoms with Crippen molar-refractivity contribution in [3.63, 3.8) is 0 Å². The van der Waals surface area contributed by atoms with Gasteiger partial charge in [0.2, 0.25) is 10.0 Å². The standard InChI is InChI=1S/C19H30N2O5S2/c1-16-4-5-17(2)19(14-16)28(24,25)21(18-6-13-27(22,23)15-18)8-3-7-20-9-11-26-12-10-20/h4-5,14,18H,3,6-13,15H2,1-2H3/t18-/m0/s1. The van der Waals surface area contributed by atoms with Crippen LogP contribution in [0.4, 0.5) is 0 Å². The van der Waals surface area contributed by atoms with E-state index < -0.39 is 25.9 Å². The summed E-state index contributed by atoms with van der Waals surface area (Å²) in [6, 6.07) is 4.89. The van der Waals surface area contributed by atoms with Crippen molar-refractivity contribution in [2.45, 2.75) is 37.6 Å². The van der Waals surface area contributed by atoms with Crippen LogP contribution in [0.15, 0.2) is 23.1 Å². The first-order valence-corrected chi connectivity index (χ1v) is 13.0. The predicted molar refractivity (Wildman–Crippen MR) is 109 cm³/mol. The second-order valence-corrected chi connectivity index (χ2v) is 11.8. The van der Waals surface area contributed by atoms with Crippen LogP contribution in [0.3, 0.4) is 0 Å². The minimum atomic E-state index is -3.77. The number of hydrogen-bond donors (Lipinski definition) is 0. The lowest BCUT2D eigenvalue weighted by Crippen LogP contribution is -2.43. The highest BCUT2D eigenvalue weighted by Gasteiger charge is 2.39. The first kappa shape index (κ1) is 21.7. The van der Waals surface area contributed by atoms with Crippen LogP contribution in [0.5, 0.6) is 0 Å². The fraction of sp³-hybridized carbons (Fsp3) is 0.684. The van der Waals surface area contributed by atoms with Crippen LogP contribution < -0.4 is 0 Å². The second-order valence-electron chi connectivity index (χ2n) is 7.75. The summed E-state index contributed by atoms with van der Waals surface area (Å²) >= 11 is 0. The van der Waals surface area contributed by atoms with E-state index in [9.17, 15) is 16.8 Å². The Morgan fingerprint density at radius 1 is 1.21 bits per heavy atom. The summed E-state index contributed by atoms with van der Waals surface area (Å²) in [5.74, 6) is -0.0331. The lowest BCUT2D eigenvalue weighted by Gasteiger charge is -2.30. The Hall–Kier alpha value is -1.00. The lowest BCUT2D eigenvalue weighted by atomic mass is 10.2. The van der Waals surface area contributed by atoms with Gasteiger partial charge < -0.3 is 4.74 Å². The van der Waals surface area contributed by atoms with E-state index in [1.165, 1.54) is 4.31 Å². The van der Waals surface area contributed by atoms with Crippen LogP contribution >= 0.6 is 0 Å². The summed E-state index contributed by atoms with van der Waals surface area (Å²) in [4.78, 5) is 2.54. The molecule has 0 N–H and O–H groups in total. The molecule has 0 aliphatic carbocycles. The van der Waals surface area contributed by atoms with Crippen molar-refractivity contribution < 1.29 is 21.6 Å². The molecule has 0 aromatic heterocycles. The summed E-state index contributed by atoms with van der Waals surface area (Å²) in [6.45, 7) is 7.85. The number of ether oxygens (including phenoxy) is 1. The minimum Gasteiger partial charge on any atom is -0.379 e. The van der Waals surface area contributed by atoms with E-state index in [-0.39, 0.29) is 16.4 Å². The molecule has 0 bridgehead atoms. The molecule has 1 atom stereocenters. The number of aryl methyl sites for hydroxylation is 2. The summed E-state index contributed by atoms with van der Waals surface area (Å²) in [7, 11) is -6.94. The fourth-order valence-electron chi connectivity index (χ4n) is 3.89. The average molecular weight is 431 g/mol. The number of sulfone groups is 1. The van der Waals surface area contributed by atoms with E-state index in [2.05, 4.69) is 4.90 Å². The van der Waals surface area contributed by atoms with Gasteiger partial charge in [-0.15, -0.1) is 0 Å². The third-order valence-electron chi connectivity index (χ3n) is 5.50. The third-order valence-corrected chi connectivity index (χ3v) is 9.35. The van der Waals surface area contributed by atoms with Crippen molar-refractivity contribution in [3.05, 3.63) is 29.3 Å². The molecule has 2 fully saturated rings. The van der Waals surface area contributed by atoms with E-state index >= 15 is 0 Å². The zero-order valence-electron chi connectivity index (χ0n) is 16.6. The largest absolute Gasteiger partial charge is 0.379 e. The van der Waals surface area contributed by atoms with E-state index in [1.807, 2.05) is 13.0 Å². The maximum absolute atomic E-state index is 13.5. The highest BCUT2D eigenvalue weighted by Crippen LogP contribution is 2.27. The lowest BCUT2D eigenvalue weighted by molar-refractivity contribution is 0.0367. The third kappa shape index (κ3) is 5.13. The summed E-state index contributed by atoms with van der Waals surface area (Å²) < 4.78 is 57.8. The first-order chi connectivity index (χ1) is 13.2. The Bertz CT molecular complexity index is 893. The van der Waals surface area contributed by atoms with Gasteiger partial charge in [-0.25, -0.2) is 16.8 Å². The molecule has 28 heavy (non-hydrogen) atoms. The van der Waals surface area contributed by atoms with E-state index in [1.54, 1.807) is 19.1 Å². The van der Waals surface area contributed by atoms with Crippen LogP contribution in [0.2, 0.25) is 0 Å². The highest BCUT2D eigenvalue weighted by molar-refractivity contribution is 7.92. The van der Waals surface area contributed by atoms with Crippen LogP contribution in [0, 0.1) is 13.8 Å². The molecule has 3 rings (SSSR count). The molecule has 0 spiro atoms. The SMILES string of the molecule is Cc1ccc(C)c(S(=O)(=O)N(CCCN2CCOCC2)[C@H]2CCS(=O)(=O)C2)c1. The predicted octanol–water partition coefficient (Wildman–Crippen LogP) is 1.20. The number of benzene rings is 1. The van der Waals surface area contributed by atoms with Crippen LogP contribution in [0.1, 0.15) is 24.0 Å². The zero-order valence-corrected chi connectivity index (χ0v) is 18.3. The van der Waals surface area contributed by atoms with Gasteiger partial charge >= 0.3 is 0 Å². The van der Waals surface area contributed by atoms with Crippen molar-refractivity contribution in [1.82, 2.24) is 9.21 Å². The number of sulfonamides is 1. The molecule has 1 aromatic carbocycles. The Kier molecular flexibility index (Phi) is 6.81. The highest BCUT2D eigenvalue weighted by atomic mass is 32.2. The molecule has 1 aromatic rings. The Balaban J connectivity index is 1.81. The molecule has 0 saturated carbocycles. The molecule has 2 saturated heterocycles. The van der Waals surface area contributed by atoms with Gasteiger partial charge in [0, 0.05) is 25.7 Å². The van der Waals surface area contributed by atoms with Gasteiger partial charge in [0.25, 0.3) is 0 Å². The molecule has 0 unspecified atom stereocenters. The quantitative estimate of drug-likeness (QED) is 0.646. The molecule has 7 nitrogen and oxygen atoms in total. The molecular formula is C19H30N2O5S2. The zero-order chi connectivity index (χ0) is 20.4. The van der Waals surface area contributed by atoms with E-state index in [0.29, 0.717) is 38.2 Å². The number of rotatable bonds is 7. The Morgan fingerprint density at radius 2 is 1.93 bits per heavy atom. The maximum atomic E-state index is 13.5. The van der Waals surface area contributed by atoms with Gasteiger partial charge in [-0.05, 0) is 50.4 Å². The summed E-state index contributed by atoms with van der Waals surface area (Å²) in [5.41, 5.74) is 1.56. The van der Waals surface area contributed by atoms with Crippen molar-refractivity contribution in [3.8, 4) is 0 Å². The van der Waals surface area contributed by atoms with Gasteiger partial charge in [0.1, 0.15) is 0 Å². The van der Waals surface area contributed by atoms with Crippen molar-refractivity contribution in [1.29, 1.82) is 0 Å². The number of hydrogen-bond acceptors (Lipinski definition) is 6. The first-order valence-electron chi connectivity index (χ1n) is 9.79. The summed E-state index contributed by atoms with van der Waals surface area (Å²) in [6.07, 6.45) is 1.03.